The van der Waals surface area contributed by atoms with E-state index in [-0.39, 0.29) is 93.0 Å². The average Bonchev–Trinajstić information content (AvgIpc) is 3.83. The van der Waals surface area contributed by atoms with Crippen molar-refractivity contribution in [1.29, 1.82) is 0 Å². The largest absolute Gasteiger partial charge is 0.482 e. The van der Waals surface area contributed by atoms with Crippen LogP contribution in [-0.2, 0) is 17.8 Å². The van der Waals surface area contributed by atoms with Gasteiger partial charge in [0.25, 0.3) is 5.91 Å². The number of carbonyl (C=O) groups is 2. The number of oxazole rings is 1. The molecule has 18 heteroatoms. The van der Waals surface area contributed by atoms with E-state index in [4.69, 9.17) is 13.9 Å². The van der Waals surface area contributed by atoms with Gasteiger partial charge in [-0.1, -0.05) is 6.92 Å². The zero-order chi connectivity index (χ0) is 37.1. The molecule has 14 nitrogen and oxygen atoms in total. The normalized spacial score (nSPS) is 21.3. The van der Waals surface area contributed by atoms with E-state index in [9.17, 15) is 36.7 Å². The molecule has 1 saturated heterocycles. The second kappa shape index (κ2) is 13.0. The van der Waals surface area contributed by atoms with E-state index < -0.39 is 57.6 Å². The topological polar surface area (TPSA) is 165 Å². The van der Waals surface area contributed by atoms with Gasteiger partial charge < -0.3 is 38.6 Å². The average molecular weight is 730 g/mol. The zero-order valence-electron chi connectivity index (χ0n) is 28.4. The maximum absolute atomic E-state index is 14.3. The highest BCUT2D eigenvalue weighted by Crippen LogP contribution is 2.60. The van der Waals surface area contributed by atoms with E-state index in [0.717, 1.165) is 6.20 Å². The number of amides is 2. The van der Waals surface area contributed by atoms with Gasteiger partial charge in [-0.3, -0.25) is 19.2 Å². The summed E-state index contributed by atoms with van der Waals surface area (Å²) >= 11 is 0. The number of pyridine rings is 3. The van der Waals surface area contributed by atoms with Gasteiger partial charge in [-0.2, -0.15) is 18.2 Å². The van der Waals surface area contributed by atoms with Gasteiger partial charge in [0.05, 0.1) is 20.1 Å². The number of alkyl halides is 3. The highest BCUT2D eigenvalue weighted by molar-refractivity contribution is 5.96. The Morgan fingerprint density at radius 2 is 1.83 bits per heavy atom. The van der Waals surface area contributed by atoms with Crippen LogP contribution in [0.15, 0.2) is 38.5 Å². The molecule has 0 spiro atoms. The van der Waals surface area contributed by atoms with Gasteiger partial charge in [-0.25, -0.2) is 9.37 Å². The summed E-state index contributed by atoms with van der Waals surface area (Å²) in [5, 5.41) is 2.86. The highest BCUT2D eigenvalue weighted by Gasteiger charge is 2.64. The van der Waals surface area contributed by atoms with Gasteiger partial charge >= 0.3 is 6.18 Å². The SMILES string of the molecule is CCc1c(N2CCN(C(=O)c3c(OC)[nH]cc(F)c3=O)CC2)c(=O)c2oc(-c3ccnc(OC)c3)nc2n1CC(=O)NC12CC(C1)C(C(F)(F)F)C2. The van der Waals surface area contributed by atoms with Crippen molar-refractivity contribution in [1.82, 2.24) is 29.7 Å². The lowest BCUT2D eigenvalue weighted by atomic mass is 9.76. The molecule has 1 unspecified atom stereocenters. The van der Waals surface area contributed by atoms with Crippen LogP contribution in [0.2, 0.25) is 0 Å². The number of nitrogens with one attached hydrogen (secondary N) is 2. The maximum atomic E-state index is 14.3. The Hall–Kier alpha value is -5.42. The van der Waals surface area contributed by atoms with E-state index in [1.807, 2.05) is 0 Å². The fourth-order valence-electron chi connectivity index (χ4n) is 7.90. The number of ether oxygens (including phenoxy) is 2. The standard InChI is InChI=1S/C34H35F4N7O7/c1-4-21-25(43-7-9-44(10-8-43)32(49)24-26(47)20(35)15-40-31(24)51-3)27(48)28-29(41-30(52-28)17-5-6-39-23(11-17)50-2)45(21)16-22(46)42-33-12-18(13-33)19(14-33)34(36,37)38/h5-6,11,15,18-19H,4,7-10,12-14,16H2,1-3H3,(H,40,47)(H,42,46). The summed E-state index contributed by atoms with van der Waals surface area (Å²) in [7, 11) is 2.67. The number of anilines is 1. The van der Waals surface area contributed by atoms with Crippen molar-refractivity contribution < 1.29 is 41.0 Å². The molecule has 2 N–H and O–H groups in total. The Balaban J connectivity index is 1.23. The summed E-state index contributed by atoms with van der Waals surface area (Å²) in [6.07, 6.45) is -1.53. The third-order valence-electron chi connectivity index (χ3n) is 10.3. The van der Waals surface area contributed by atoms with Crippen LogP contribution >= 0.6 is 0 Å². The molecule has 1 aliphatic heterocycles. The fourth-order valence-corrected chi connectivity index (χ4v) is 7.90. The van der Waals surface area contributed by atoms with E-state index in [2.05, 4.69) is 20.3 Å². The molecule has 4 fully saturated rings. The van der Waals surface area contributed by atoms with Crippen LogP contribution in [0, 0.1) is 17.7 Å². The number of rotatable bonds is 9. The monoisotopic (exact) mass is 729 g/mol. The first kappa shape index (κ1) is 35.0. The molecule has 2 bridgehead atoms. The predicted octanol–water partition coefficient (Wildman–Crippen LogP) is 3.27. The molecule has 4 aliphatic rings. The van der Waals surface area contributed by atoms with Gasteiger partial charge in [0.2, 0.25) is 40.0 Å². The number of aromatic nitrogens is 4. The minimum absolute atomic E-state index is 0.0432. The molecule has 4 aromatic rings. The Morgan fingerprint density at radius 1 is 1.10 bits per heavy atom. The minimum Gasteiger partial charge on any atom is -0.482 e. The van der Waals surface area contributed by atoms with Crippen LogP contribution in [0.1, 0.15) is 42.2 Å². The van der Waals surface area contributed by atoms with Crippen LogP contribution in [0.25, 0.3) is 22.7 Å². The molecular weight excluding hydrogens is 694 g/mol. The lowest BCUT2D eigenvalue weighted by molar-refractivity contribution is -0.180. The number of fused-ring (bicyclic) bond motifs is 2. The van der Waals surface area contributed by atoms with Crippen LogP contribution in [0.4, 0.5) is 23.2 Å². The van der Waals surface area contributed by atoms with Crippen molar-refractivity contribution >= 4 is 28.7 Å². The second-order valence-electron chi connectivity index (χ2n) is 13.3. The lowest BCUT2D eigenvalue weighted by Gasteiger charge is -2.39. The molecule has 2 amide bonds. The summed E-state index contributed by atoms with van der Waals surface area (Å²) in [5.41, 5.74) is -2.08. The molecule has 5 heterocycles. The molecule has 4 aromatic heterocycles. The van der Waals surface area contributed by atoms with Crippen molar-refractivity contribution in [2.45, 2.75) is 50.9 Å². The number of hydrogen-bond acceptors (Lipinski definition) is 10. The van der Waals surface area contributed by atoms with Crippen LogP contribution in [0.3, 0.4) is 0 Å². The summed E-state index contributed by atoms with van der Waals surface area (Å²) in [4.78, 5) is 68.1. The van der Waals surface area contributed by atoms with Crippen LogP contribution < -0.4 is 30.5 Å². The molecule has 0 radical (unpaired) electrons. The highest BCUT2D eigenvalue weighted by atomic mass is 19.4. The molecule has 3 saturated carbocycles. The van der Waals surface area contributed by atoms with Crippen LogP contribution in [0.5, 0.6) is 11.8 Å². The number of halogens is 4. The van der Waals surface area contributed by atoms with E-state index in [1.54, 1.807) is 28.5 Å². The third-order valence-corrected chi connectivity index (χ3v) is 10.3. The maximum Gasteiger partial charge on any atom is 0.392 e. The number of carbonyl (C=O) groups excluding carboxylic acids is 2. The Bertz CT molecular complexity index is 2180. The molecule has 3 aliphatic carbocycles. The first-order valence-electron chi connectivity index (χ1n) is 16.7. The number of hydrogen-bond donors (Lipinski definition) is 2. The van der Waals surface area contributed by atoms with Crippen molar-refractivity contribution in [3.8, 4) is 23.2 Å². The molecule has 276 valence electrons. The number of nitrogens with zero attached hydrogens (tertiary/aromatic N) is 5. The number of methoxy groups -OCH3 is 2. The molecule has 1 atom stereocenters. The number of aromatic amines is 1. The van der Waals surface area contributed by atoms with Gasteiger partial charge in [0.1, 0.15) is 17.8 Å². The number of piperazine rings is 1. The van der Waals surface area contributed by atoms with Gasteiger partial charge in [-0.15, -0.1) is 0 Å². The molecule has 8 rings (SSSR count). The van der Waals surface area contributed by atoms with E-state index >= 15 is 0 Å². The smallest absolute Gasteiger partial charge is 0.392 e. The second-order valence-corrected chi connectivity index (χ2v) is 13.3. The number of H-pyrrole nitrogens is 1. The van der Waals surface area contributed by atoms with Gasteiger partial charge in [-0.05, 0) is 37.7 Å². The first-order valence-corrected chi connectivity index (χ1v) is 16.7. The van der Waals surface area contributed by atoms with Gasteiger partial charge in [0.15, 0.2) is 11.5 Å². The Kier molecular flexibility index (Phi) is 8.73. The zero-order valence-corrected chi connectivity index (χ0v) is 28.4. The molecular formula is C34H35F4N7O7. The van der Waals surface area contributed by atoms with Gasteiger partial charge in [0, 0.05) is 61.4 Å². The lowest BCUT2D eigenvalue weighted by Crippen LogP contribution is -2.53. The fraction of sp³-hybridized carbons (Fsp3) is 0.471. The quantitative estimate of drug-likeness (QED) is 0.245. The molecule has 52 heavy (non-hydrogen) atoms. The Labute approximate surface area is 292 Å². The van der Waals surface area contributed by atoms with Crippen LogP contribution in [-0.4, -0.2) is 88.3 Å². The Morgan fingerprint density at radius 3 is 2.46 bits per heavy atom. The van der Waals surface area contributed by atoms with E-state index in [1.165, 1.54) is 25.3 Å². The summed E-state index contributed by atoms with van der Waals surface area (Å²) < 4.78 is 72.8. The summed E-state index contributed by atoms with van der Waals surface area (Å²) in [5.74, 6) is -4.29. The van der Waals surface area contributed by atoms with Crippen molar-refractivity contribution in [2.24, 2.45) is 11.8 Å². The van der Waals surface area contributed by atoms with Crippen molar-refractivity contribution in [3.63, 3.8) is 0 Å². The first-order chi connectivity index (χ1) is 24.8. The summed E-state index contributed by atoms with van der Waals surface area (Å²) in [6, 6.07) is 3.17. The summed E-state index contributed by atoms with van der Waals surface area (Å²) in [6.45, 7) is 1.75. The van der Waals surface area contributed by atoms with Crippen molar-refractivity contribution in [2.75, 3.05) is 45.3 Å². The van der Waals surface area contributed by atoms with Crippen molar-refractivity contribution in [3.05, 3.63) is 62.0 Å². The molecule has 0 aromatic carbocycles. The minimum atomic E-state index is -4.34. The third kappa shape index (κ3) is 5.92. The van der Waals surface area contributed by atoms with E-state index in [0.29, 0.717) is 11.3 Å². The predicted molar refractivity (Wildman–Crippen MR) is 177 cm³/mol.